The number of carbonyl (C=O) groups is 2. The number of ether oxygens (including phenoxy) is 2. The molecule has 2 aromatic carbocycles. The van der Waals surface area contributed by atoms with Crippen LogP contribution in [0.15, 0.2) is 78.8 Å². The molecule has 2 amide bonds. The fourth-order valence-corrected chi connectivity index (χ4v) is 5.24. The molecule has 0 radical (unpaired) electrons. The van der Waals surface area contributed by atoms with Crippen molar-refractivity contribution in [3.8, 4) is 5.75 Å². The monoisotopic (exact) mass is 608 g/mol. The van der Waals surface area contributed by atoms with Crippen LogP contribution in [0.3, 0.4) is 0 Å². The van der Waals surface area contributed by atoms with Gasteiger partial charge in [0.05, 0.1) is 6.61 Å². The summed E-state index contributed by atoms with van der Waals surface area (Å²) in [6.07, 6.45) is 4.99. The number of hydrogen-bond donors (Lipinski definition) is 1. The Hall–Kier alpha value is -4.84. The third-order valence-electron chi connectivity index (χ3n) is 7.92. The van der Waals surface area contributed by atoms with Crippen LogP contribution in [0.5, 0.6) is 5.75 Å². The van der Waals surface area contributed by atoms with E-state index in [1.165, 1.54) is 15.8 Å². The molecule has 1 fully saturated rings. The Kier molecular flexibility index (Phi) is 8.63. The molecule has 2 atom stereocenters. The van der Waals surface area contributed by atoms with E-state index in [2.05, 4.69) is 18.5 Å². The van der Waals surface area contributed by atoms with Gasteiger partial charge in [0.2, 0.25) is 5.43 Å². The van der Waals surface area contributed by atoms with Crippen molar-refractivity contribution < 1.29 is 32.2 Å². The van der Waals surface area contributed by atoms with Gasteiger partial charge in [-0.15, -0.1) is 13.2 Å². The highest BCUT2D eigenvalue weighted by Gasteiger charge is 2.46. The van der Waals surface area contributed by atoms with Crippen LogP contribution >= 0.6 is 0 Å². The molecule has 1 N–H and O–H groups in total. The number of benzene rings is 2. The summed E-state index contributed by atoms with van der Waals surface area (Å²) in [5, 5.41) is 4.11. The molecule has 1 aromatic heterocycles. The van der Waals surface area contributed by atoms with Gasteiger partial charge < -0.3 is 19.7 Å². The molecule has 5 rings (SSSR count). The van der Waals surface area contributed by atoms with Gasteiger partial charge >= 0.3 is 0 Å². The van der Waals surface area contributed by atoms with E-state index in [1.54, 1.807) is 48.4 Å². The molecule has 1 saturated heterocycles. The Morgan fingerprint density at radius 3 is 2.48 bits per heavy atom. The van der Waals surface area contributed by atoms with E-state index in [-0.39, 0.29) is 31.3 Å². The van der Waals surface area contributed by atoms with Gasteiger partial charge in [-0.05, 0) is 12.5 Å². The number of pyridine rings is 1. The largest absolute Gasteiger partial charge is 0.482 e. The smallest absolute Gasteiger partial charge is 0.278 e. The van der Waals surface area contributed by atoms with Gasteiger partial charge in [-0.25, -0.2) is 13.2 Å². The zero-order valence-electron chi connectivity index (χ0n) is 24.0. The second kappa shape index (κ2) is 12.4. The lowest BCUT2D eigenvalue weighted by Crippen LogP contribution is -2.64. The summed E-state index contributed by atoms with van der Waals surface area (Å²) in [7, 11) is 0. The van der Waals surface area contributed by atoms with Crippen molar-refractivity contribution >= 4 is 11.8 Å². The van der Waals surface area contributed by atoms with Gasteiger partial charge in [0.25, 0.3) is 11.8 Å². The normalized spacial score (nSPS) is 18.5. The predicted octanol–water partition coefficient (Wildman–Crippen LogP) is 4.05. The Labute approximate surface area is 251 Å². The maximum atomic E-state index is 14.3. The first-order chi connectivity index (χ1) is 21.1. The van der Waals surface area contributed by atoms with Crippen molar-refractivity contribution in [2.75, 3.05) is 24.9 Å². The molecule has 44 heavy (non-hydrogen) atoms. The van der Waals surface area contributed by atoms with Gasteiger partial charge in [-0.1, -0.05) is 42.5 Å². The SMILES string of the molecule is C=CC(C)N1CN(C2(C=C)CCOC2)n2cc(C(=O)NCc3c(F)cc(F)cc3F)c(=O)c(OCc3ccccc3)c2C1=O. The van der Waals surface area contributed by atoms with Crippen LogP contribution in [0.4, 0.5) is 13.2 Å². The molecule has 12 heteroatoms. The minimum absolute atomic E-state index is 0.0302. The summed E-state index contributed by atoms with van der Waals surface area (Å²) in [4.78, 5) is 42.9. The molecule has 0 aliphatic carbocycles. The average Bonchev–Trinajstić information content (AvgIpc) is 3.50. The molecular formula is C32H31F3N4O5. The lowest BCUT2D eigenvalue weighted by atomic mass is 9.97. The number of hydrogen-bond acceptors (Lipinski definition) is 6. The van der Waals surface area contributed by atoms with Crippen molar-refractivity contribution in [1.29, 1.82) is 0 Å². The standard InChI is InChI=1S/C32H31F3N4O5/c1-4-20(3)37-19-39(32(5-2)11-12-43-18-32)38-16-24(30(41)36-15-23-25(34)13-22(33)14-26(23)35)28(40)29(27(38)31(37)42)44-17-21-9-7-6-8-10-21/h4-10,13-14,16,20H,1-2,11-12,15,17-19H2,3H3,(H,36,41). The zero-order valence-corrected chi connectivity index (χ0v) is 24.0. The van der Waals surface area contributed by atoms with E-state index >= 15 is 0 Å². The van der Waals surface area contributed by atoms with Crippen LogP contribution < -0.4 is 20.5 Å². The van der Waals surface area contributed by atoms with Crippen LogP contribution in [0.1, 0.15) is 45.3 Å². The Bertz CT molecular complexity index is 1650. The van der Waals surface area contributed by atoms with Gasteiger partial charge in [-0.3, -0.25) is 24.1 Å². The van der Waals surface area contributed by atoms with Crippen molar-refractivity contribution in [2.24, 2.45) is 0 Å². The van der Waals surface area contributed by atoms with Crippen LogP contribution in [-0.2, 0) is 17.9 Å². The highest BCUT2D eigenvalue weighted by molar-refractivity contribution is 5.99. The maximum Gasteiger partial charge on any atom is 0.278 e. The molecule has 0 spiro atoms. The number of rotatable bonds is 10. The Balaban J connectivity index is 1.64. The lowest BCUT2D eigenvalue weighted by molar-refractivity contribution is 0.0611. The number of nitrogens with one attached hydrogen (secondary N) is 1. The van der Waals surface area contributed by atoms with Crippen molar-refractivity contribution in [3.63, 3.8) is 0 Å². The summed E-state index contributed by atoms with van der Waals surface area (Å²) in [5.74, 6) is -5.40. The average molecular weight is 609 g/mol. The Morgan fingerprint density at radius 1 is 1.16 bits per heavy atom. The number of aromatic nitrogens is 1. The second-order valence-corrected chi connectivity index (χ2v) is 10.6. The topological polar surface area (TPSA) is 93.1 Å². The number of nitrogens with zero attached hydrogens (tertiary/aromatic N) is 3. The van der Waals surface area contributed by atoms with E-state index in [1.807, 2.05) is 6.07 Å². The van der Waals surface area contributed by atoms with Crippen LogP contribution in [0, 0.1) is 17.5 Å². The first kappa shape index (κ1) is 30.6. The van der Waals surface area contributed by atoms with Crippen LogP contribution in [0.2, 0.25) is 0 Å². The van der Waals surface area contributed by atoms with Crippen LogP contribution in [0.25, 0.3) is 0 Å². The van der Waals surface area contributed by atoms with Crippen molar-refractivity contribution in [3.05, 3.63) is 124 Å². The van der Waals surface area contributed by atoms with E-state index in [4.69, 9.17) is 9.47 Å². The molecule has 9 nitrogen and oxygen atoms in total. The third kappa shape index (κ3) is 5.60. The lowest BCUT2D eigenvalue weighted by Gasteiger charge is -2.48. The van der Waals surface area contributed by atoms with Gasteiger partial charge in [-0.2, -0.15) is 0 Å². The summed E-state index contributed by atoms with van der Waals surface area (Å²) >= 11 is 0. The van der Waals surface area contributed by atoms with E-state index < -0.39 is 63.9 Å². The van der Waals surface area contributed by atoms with Gasteiger partial charge in [0.15, 0.2) is 11.4 Å². The summed E-state index contributed by atoms with van der Waals surface area (Å²) in [6.45, 7) is 9.49. The summed E-state index contributed by atoms with van der Waals surface area (Å²) < 4.78 is 55.1. The fourth-order valence-electron chi connectivity index (χ4n) is 5.24. The summed E-state index contributed by atoms with van der Waals surface area (Å²) in [6, 6.07) is 9.47. The first-order valence-corrected chi connectivity index (χ1v) is 13.9. The number of amides is 2. The van der Waals surface area contributed by atoms with Crippen LogP contribution in [-0.4, -0.2) is 52.9 Å². The van der Waals surface area contributed by atoms with Gasteiger partial charge in [0.1, 0.15) is 41.8 Å². The second-order valence-electron chi connectivity index (χ2n) is 10.6. The Morgan fingerprint density at radius 2 is 1.86 bits per heavy atom. The molecule has 0 bridgehead atoms. The minimum Gasteiger partial charge on any atom is -0.482 e. The molecule has 2 aliphatic rings. The third-order valence-corrected chi connectivity index (χ3v) is 7.92. The molecule has 2 unspecified atom stereocenters. The molecular weight excluding hydrogens is 577 g/mol. The molecule has 2 aliphatic heterocycles. The van der Waals surface area contributed by atoms with Crippen molar-refractivity contribution in [2.45, 2.75) is 38.1 Å². The molecule has 3 aromatic rings. The quantitative estimate of drug-likeness (QED) is 0.350. The molecule has 230 valence electrons. The van der Waals surface area contributed by atoms with E-state index in [0.717, 1.165) is 0 Å². The highest BCUT2D eigenvalue weighted by atomic mass is 19.1. The zero-order chi connectivity index (χ0) is 31.6. The van der Waals surface area contributed by atoms with E-state index in [0.29, 0.717) is 30.7 Å². The fraction of sp³-hybridized carbons (Fsp3) is 0.281. The summed E-state index contributed by atoms with van der Waals surface area (Å²) in [5.41, 5.74) is -2.17. The van der Waals surface area contributed by atoms with Gasteiger partial charge in [0, 0.05) is 49.5 Å². The predicted molar refractivity (Wildman–Crippen MR) is 156 cm³/mol. The first-order valence-electron chi connectivity index (χ1n) is 13.9. The number of halogens is 3. The molecule has 0 saturated carbocycles. The number of carbonyl (C=O) groups excluding carboxylic acids is 2. The number of fused-ring (bicyclic) bond motifs is 1. The highest BCUT2D eigenvalue weighted by Crippen LogP contribution is 2.33. The maximum absolute atomic E-state index is 14.3. The van der Waals surface area contributed by atoms with E-state index in [9.17, 15) is 27.6 Å². The minimum atomic E-state index is -1.20. The van der Waals surface area contributed by atoms with Crippen molar-refractivity contribution in [1.82, 2.24) is 14.9 Å². The molecule has 3 heterocycles.